The van der Waals surface area contributed by atoms with Crippen molar-refractivity contribution in [3.63, 3.8) is 0 Å². The number of hydrogen-bond donors (Lipinski definition) is 1. The molecule has 112 valence electrons. The van der Waals surface area contributed by atoms with E-state index in [4.69, 9.17) is 33.7 Å². The van der Waals surface area contributed by atoms with Crippen molar-refractivity contribution >= 4 is 34.9 Å². The number of esters is 1. The van der Waals surface area contributed by atoms with Crippen LogP contribution in [0.25, 0.3) is 0 Å². The highest BCUT2D eigenvalue weighted by atomic mass is 35.5. The second-order valence-electron chi connectivity index (χ2n) is 4.45. The van der Waals surface area contributed by atoms with Gasteiger partial charge in [-0.25, -0.2) is 4.79 Å². The molecule has 0 bridgehead atoms. The zero-order valence-electron chi connectivity index (χ0n) is 11.7. The lowest BCUT2D eigenvalue weighted by Crippen LogP contribution is -2.14. The van der Waals surface area contributed by atoms with Crippen LogP contribution in [0.1, 0.15) is 28.7 Å². The first-order valence-electron chi connectivity index (χ1n) is 6.38. The van der Waals surface area contributed by atoms with Gasteiger partial charge in [-0.05, 0) is 19.9 Å². The summed E-state index contributed by atoms with van der Waals surface area (Å²) < 4.78 is 6.78. The van der Waals surface area contributed by atoms with Gasteiger partial charge in [0.15, 0.2) is 5.69 Å². The number of aryl methyl sites for hydroxylation is 2. The van der Waals surface area contributed by atoms with Gasteiger partial charge < -0.3 is 10.5 Å². The van der Waals surface area contributed by atoms with Crippen LogP contribution in [0.2, 0.25) is 10.0 Å². The van der Waals surface area contributed by atoms with Crippen LogP contribution in [-0.4, -0.2) is 15.7 Å². The van der Waals surface area contributed by atoms with Crippen LogP contribution in [0, 0.1) is 6.92 Å². The van der Waals surface area contributed by atoms with Crippen molar-refractivity contribution in [3.8, 4) is 0 Å². The predicted octanol–water partition coefficient (Wildman–Crippen LogP) is 3.46. The van der Waals surface area contributed by atoms with Crippen molar-refractivity contribution < 1.29 is 9.53 Å². The van der Waals surface area contributed by atoms with Crippen molar-refractivity contribution in [1.29, 1.82) is 0 Å². The van der Waals surface area contributed by atoms with Gasteiger partial charge in [0.25, 0.3) is 0 Å². The van der Waals surface area contributed by atoms with Crippen LogP contribution >= 0.6 is 23.2 Å². The van der Waals surface area contributed by atoms with E-state index in [2.05, 4.69) is 5.10 Å². The topological polar surface area (TPSA) is 70.1 Å². The van der Waals surface area contributed by atoms with Gasteiger partial charge in [-0.1, -0.05) is 35.3 Å². The number of nitrogens with two attached hydrogens (primary N) is 1. The van der Waals surface area contributed by atoms with Crippen molar-refractivity contribution in [3.05, 3.63) is 45.2 Å². The second kappa shape index (κ2) is 6.37. The Kier molecular flexibility index (Phi) is 4.75. The van der Waals surface area contributed by atoms with Crippen LogP contribution in [0.3, 0.4) is 0 Å². The van der Waals surface area contributed by atoms with E-state index in [0.29, 0.717) is 33.5 Å². The maximum Gasteiger partial charge on any atom is 0.359 e. The minimum absolute atomic E-state index is 0.0195. The average molecular weight is 328 g/mol. The normalized spacial score (nSPS) is 10.7. The number of nitrogens with zero attached hydrogens (tertiary/aromatic N) is 2. The summed E-state index contributed by atoms with van der Waals surface area (Å²) in [4.78, 5) is 12.2. The van der Waals surface area contributed by atoms with Gasteiger partial charge in [0, 0.05) is 12.1 Å². The quantitative estimate of drug-likeness (QED) is 0.873. The molecule has 0 radical (unpaired) electrons. The number of carbonyl (C=O) groups excluding carboxylic acids is 1. The maximum absolute atomic E-state index is 12.2. The van der Waals surface area contributed by atoms with Crippen molar-refractivity contribution in [2.24, 2.45) is 0 Å². The molecule has 2 rings (SSSR count). The van der Waals surface area contributed by atoms with Crippen LogP contribution < -0.4 is 5.73 Å². The molecule has 0 saturated carbocycles. The Morgan fingerprint density at radius 2 is 2.14 bits per heavy atom. The van der Waals surface area contributed by atoms with Gasteiger partial charge in [0.05, 0.1) is 21.4 Å². The molecule has 5 nitrogen and oxygen atoms in total. The third-order valence-corrected chi connectivity index (χ3v) is 3.91. The van der Waals surface area contributed by atoms with E-state index < -0.39 is 5.97 Å². The molecule has 21 heavy (non-hydrogen) atoms. The van der Waals surface area contributed by atoms with Crippen LogP contribution in [0.15, 0.2) is 18.2 Å². The zero-order chi connectivity index (χ0) is 15.6. The number of rotatable bonds is 4. The van der Waals surface area contributed by atoms with E-state index in [9.17, 15) is 4.79 Å². The number of carbonyl (C=O) groups is 1. The largest absolute Gasteiger partial charge is 0.456 e. The van der Waals surface area contributed by atoms with Crippen LogP contribution in [0.5, 0.6) is 0 Å². The molecule has 0 atom stereocenters. The molecule has 0 amide bonds. The molecular weight excluding hydrogens is 313 g/mol. The van der Waals surface area contributed by atoms with Crippen molar-refractivity contribution in [2.75, 3.05) is 5.73 Å². The summed E-state index contributed by atoms with van der Waals surface area (Å²) in [7, 11) is 0. The van der Waals surface area contributed by atoms with Crippen molar-refractivity contribution in [2.45, 2.75) is 27.0 Å². The number of ether oxygens (including phenoxy) is 1. The van der Waals surface area contributed by atoms with Gasteiger partial charge in [-0.15, -0.1) is 0 Å². The number of anilines is 1. The SMILES string of the molecule is CCn1nc(C)c(N)c1C(=O)OCc1cccc(Cl)c1Cl. The summed E-state index contributed by atoms with van der Waals surface area (Å²) in [6.07, 6.45) is 0. The first kappa shape index (κ1) is 15.7. The van der Waals surface area contributed by atoms with E-state index in [1.165, 1.54) is 4.68 Å². The Morgan fingerprint density at radius 3 is 2.81 bits per heavy atom. The highest BCUT2D eigenvalue weighted by molar-refractivity contribution is 6.42. The van der Waals surface area contributed by atoms with Gasteiger partial charge in [0.1, 0.15) is 6.61 Å². The summed E-state index contributed by atoms with van der Waals surface area (Å²) in [5.74, 6) is -0.536. The molecule has 0 saturated heterocycles. The molecule has 0 fully saturated rings. The summed E-state index contributed by atoms with van der Waals surface area (Å²) >= 11 is 12.0. The molecule has 0 aliphatic carbocycles. The smallest absolute Gasteiger partial charge is 0.359 e. The molecule has 0 aliphatic heterocycles. The van der Waals surface area contributed by atoms with Gasteiger partial charge in [-0.3, -0.25) is 4.68 Å². The Hall–Kier alpha value is -1.72. The zero-order valence-corrected chi connectivity index (χ0v) is 13.2. The van der Waals surface area contributed by atoms with E-state index >= 15 is 0 Å². The molecule has 1 aromatic carbocycles. The summed E-state index contributed by atoms with van der Waals surface area (Å²) in [5.41, 5.74) is 7.70. The fourth-order valence-corrected chi connectivity index (χ4v) is 2.29. The fourth-order valence-electron chi connectivity index (χ4n) is 1.91. The van der Waals surface area contributed by atoms with Crippen molar-refractivity contribution in [1.82, 2.24) is 9.78 Å². The highest BCUT2D eigenvalue weighted by Crippen LogP contribution is 2.26. The average Bonchev–Trinajstić information content (AvgIpc) is 2.75. The lowest BCUT2D eigenvalue weighted by Gasteiger charge is -2.09. The van der Waals surface area contributed by atoms with E-state index in [1.54, 1.807) is 25.1 Å². The Balaban J connectivity index is 2.18. The van der Waals surface area contributed by atoms with Gasteiger partial charge in [-0.2, -0.15) is 5.10 Å². The number of halogens is 2. The third-order valence-electron chi connectivity index (χ3n) is 3.06. The number of aromatic nitrogens is 2. The lowest BCUT2D eigenvalue weighted by atomic mass is 10.2. The number of hydrogen-bond acceptors (Lipinski definition) is 4. The molecule has 2 N–H and O–H groups in total. The fraction of sp³-hybridized carbons (Fsp3) is 0.286. The van der Waals surface area contributed by atoms with Crippen LogP contribution in [0.4, 0.5) is 5.69 Å². The first-order valence-corrected chi connectivity index (χ1v) is 7.14. The summed E-state index contributed by atoms with van der Waals surface area (Å²) in [6, 6.07) is 5.15. The second-order valence-corrected chi connectivity index (χ2v) is 5.24. The molecule has 0 aliphatic rings. The van der Waals surface area contributed by atoms with Gasteiger partial charge >= 0.3 is 5.97 Å². The Labute approximate surface area is 132 Å². The summed E-state index contributed by atoms with van der Waals surface area (Å²) in [5, 5.41) is 4.97. The molecule has 2 aromatic rings. The molecule has 0 unspecified atom stereocenters. The minimum atomic E-state index is -0.536. The molecule has 0 spiro atoms. The molecule has 7 heteroatoms. The summed E-state index contributed by atoms with van der Waals surface area (Å²) in [6.45, 7) is 4.16. The predicted molar refractivity (Wildman–Crippen MR) is 82.6 cm³/mol. The lowest BCUT2D eigenvalue weighted by molar-refractivity contribution is 0.0460. The number of benzene rings is 1. The third kappa shape index (κ3) is 3.14. The monoisotopic (exact) mass is 327 g/mol. The van der Waals surface area contributed by atoms with Gasteiger partial charge in [0.2, 0.25) is 0 Å². The highest BCUT2D eigenvalue weighted by Gasteiger charge is 2.21. The van der Waals surface area contributed by atoms with E-state index in [0.717, 1.165) is 0 Å². The molecule has 1 heterocycles. The molecular formula is C14H15Cl2N3O2. The maximum atomic E-state index is 12.2. The Morgan fingerprint density at radius 1 is 1.43 bits per heavy atom. The number of nitrogen functional groups attached to an aromatic ring is 1. The minimum Gasteiger partial charge on any atom is -0.456 e. The standard InChI is InChI=1S/C14H15Cl2N3O2/c1-3-19-13(12(17)8(2)18-19)14(20)21-7-9-5-4-6-10(15)11(9)16/h4-6H,3,7,17H2,1-2H3. The van der Waals surface area contributed by atoms with E-state index in [1.807, 2.05) is 6.92 Å². The first-order chi connectivity index (χ1) is 9.95. The van der Waals surface area contributed by atoms with E-state index in [-0.39, 0.29) is 12.3 Å². The molecule has 1 aromatic heterocycles. The van der Waals surface area contributed by atoms with Crippen LogP contribution in [-0.2, 0) is 17.9 Å². The Bertz CT molecular complexity index is 683.